The van der Waals surface area contributed by atoms with Gasteiger partial charge in [-0.2, -0.15) is 0 Å². The average molecular weight is 239 g/mol. The van der Waals surface area contributed by atoms with Crippen LogP contribution in [-0.4, -0.2) is 12.5 Å². The van der Waals surface area contributed by atoms with Crippen molar-refractivity contribution in [1.82, 2.24) is 5.32 Å². The van der Waals surface area contributed by atoms with Crippen LogP contribution in [0.2, 0.25) is 0 Å². The predicted octanol–water partition coefficient (Wildman–Crippen LogP) is 2.86. The fraction of sp³-hybridized carbons (Fsp3) is 0.312. The first-order valence-electron chi connectivity index (χ1n) is 6.46. The number of carbonyl (C=O) groups is 1. The van der Waals surface area contributed by atoms with E-state index in [-0.39, 0.29) is 5.91 Å². The van der Waals surface area contributed by atoms with E-state index >= 15 is 0 Å². The van der Waals surface area contributed by atoms with Crippen LogP contribution in [0, 0.1) is 18.8 Å². The van der Waals surface area contributed by atoms with Gasteiger partial charge in [0, 0.05) is 12.1 Å². The van der Waals surface area contributed by atoms with Crippen molar-refractivity contribution in [2.24, 2.45) is 11.8 Å². The molecule has 92 valence electrons. The van der Waals surface area contributed by atoms with Crippen LogP contribution in [0.1, 0.15) is 22.3 Å². The summed E-state index contributed by atoms with van der Waals surface area (Å²) in [5, 5.41) is 2.97. The van der Waals surface area contributed by atoms with Crippen LogP contribution < -0.4 is 5.32 Å². The first-order valence-corrected chi connectivity index (χ1v) is 6.46. The molecule has 0 spiro atoms. The third-order valence-corrected chi connectivity index (χ3v) is 3.64. The number of fused-ring (bicyclic) bond motifs is 1. The second-order valence-corrected chi connectivity index (χ2v) is 5.21. The van der Waals surface area contributed by atoms with Crippen molar-refractivity contribution in [3.63, 3.8) is 0 Å². The number of amides is 1. The summed E-state index contributed by atoms with van der Waals surface area (Å²) in [4.78, 5) is 11.9. The summed E-state index contributed by atoms with van der Waals surface area (Å²) in [6, 6.07) is 7.66. The lowest BCUT2D eigenvalue weighted by Crippen LogP contribution is -2.25. The van der Waals surface area contributed by atoms with Gasteiger partial charge in [0.05, 0.1) is 0 Å². The van der Waals surface area contributed by atoms with Crippen LogP contribution in [0.25, 0.3) is 0 Å². The van der Waals surface area contributed by atoms with E-state index in [1.807, 2.05) is 31.2 Å². The molecular formula is C16H17NO. The quantitative estimate of drug-likeness (QED) is 0.863. The van der Waals surface area contributed by atoms with Gasteiger partial charge in [0.1, 0.15) is 0 Å². The molecule has 0 bridgehead atoms. The molecule has 0 radical (unpaired) electrons. The second-order valence-electron chi connectivity index (χ2n) is 5.21. The van der Waals surface area contributed by atoms with Crippen molar-refractivity contribution in [3.8, 4) is 0 Å². The maximum Gasteiger partial charge on any atom is 0.251 e. The Kier molecular flexibility index (Phi) is 2.78. The van der Waals surface area contributed by atoms with E-state index in [0.717, 1.165) is 17.4 Å². The highest BCUT2D eigenvalue weighted by Gasteiger charge is 2.34. The molecule has 2 atom stereocenters. The van der Waals surface area contributed by atoms with Crippen molar-refractivity contribution in [2.75, 3.05) is 6.54 Å². The van der Waals surface area contributed by atoms with Gasteiger partial charge in [-0.05, 0) is 42.9 Å². The zero-order chi connectivity index (χ0) is 12.5. The van der Waals surface area contributed by atoms with Gasteiger partial charge >= 0.3 is 0 Å². The Hall–Kier alpha value is -1.83. The van der Waals surface area contributed by atoms with Crippen molar-refractivity contribution in [1.29, 1.82) is 0 Å². The molecule has 1 aromatic rings. The van der Waals surface area contributed by atoms with Crippen molar-refractivity contribution in [3.05, 3.63) is 59.2 Å². The second kappa shape index (κ2) is 4.45. The first-order chi connectivity index (χ1) is 8.72. The number of allylic oxidation sites excluding steroid dienone is 2. The Morgan fingerprint density at radius 1 is 1.28 bits per heavy atom. The molecule has 2 heteroatoms. The average Bonchev–Trinajstić information content (AvgIpc) is 3.15. The molecule has 0 saturated heterocycles. The van der Waals surface area contributed by atoms with E-state index in [2.05, 4.69) is 23.5 Å². The number of benzene rings is 1. The van der Waals surface area contributed by atoms with Gasteiger partial charge in [-0.25, -0.2) is 0 Å². The largest absolute Gasteiger partial charge is 0.348 e. The van der Waals surface area contributed by atoms with E-state index in [0.29, 0.717) is 6.54 Å². The molecule has 1 saturated carbocycles. The molecule has 2 aliphatic carbocycles. The maximum absolute atomic E-state index is 11.9. The summed E-state index contributed by atoms with van der Waals surface area (Å²) < 4.78 is 0. The van der Waals surface area contributed by atoms with Crippen LogP contribution >= 0.6 is 0 Å². The minimum absolute atomic E-state index is 0.00206. The van der Waals surface area contributed by atoms with Crippen LogP contribution in [0.15, 0.2) is 48.1 Å². The normalized spacial score (nSPS) is 24.2. The lowest BCUT2D eigenvalue weighted by atomic mass is 10.1. The Labute approximate surface area is 107 Å². The summed E-state index contributed by atoms with van der Waals surface area (Å²) in [6.07, 6.45) is 7.98. The summed E-state index contributed by atoms with van der Waals surface area (Å²) in [5.74, 6) is 1.52. The number of aryl methyl sites for hydroxylation is 1. The highest BCUT2D eigenvalue weighted by molar-refractivity contribution is 5.94. The molecule has 1 amide bonds. The zero-order valence-electron chi connectivity index (χ0n) is 10.5. The Morgan fingerprint density at radius 2 is 2.06 bits per heavy atom. The summed E-state index contributed by atoms with van der Waals surface area (Å²) in [6.45, 7) is 2.65. The smallest absolute Gasteiger partial charge is 0.251 e. The summed E-state index contributed by atoms with van der Waals surface area (Å²) >= 11 is 0. The van der Waals surface area contributed by atoms with Crippen molar-refractivity contribution >= 4 is 5.91 Å². The Bertz CT molecular complexity index is 525. The van der Waals surface area contributed by atoms with Gasteiger partial charge in [-0.3, -0.25) is 4.79 Å². The minimum Gasteiger partial charge on any atom is -0.348 e. The molecule has 2 unspecified atom stereocenters. The summed E-state index contributed by atoms with van der Waals surface area (Å²) in [5.41, 5.74) is 3.13. The topological polar surface area (TPSA) is 29.1 Å². The molecule has 0 aromatic heterocycles. The fourth-order valence-corrected chi connectivity index (χ4v) is 2.33. The number of hydrogen-bond donors (Lipinski definition) is 1. The number of rotatable bonds is 3. The van der Waals surface area contributed by atoms with Gasteiger partial charge in [-0.1, -0.05) is 35.9 Å². The van der Waals surface area contributed by atoms with Gasteiger partial charge in [0.25, 0.3) is 5.91 Å². The molecule has 2 aliphatic rings. The number of nitrogens with one attached hydrogen (secondary N) is 1. The molecule has 18 heavy (non-hydrogen) atoms. The molecule has 3 rings (SSSR count). The van der Waals surface area contributed by atoms with E-state index in [1.54, 1.807) is 0 Å². The third kappa shape index (κ3) is 2.37. The predicted molar refractivity (Wildman–Crippen MR) is 72.3 cm³/mol. The van der Waals surface area contributed by atoms with Crippen LogP contribution in [0.5, 0.6) is 0 Å². The minimum atomic E-state index is 0.00206. The zero-order valence-corrected chi connectivity index (χ0v) is 10.5. The number of hydrogen-bond acceptors (Lipinski definition) is 1. The molecule has 1 fully saturated rings. The van der Waals surface area contributed by atoms with Crippen LogP contribution in [-0.2, 0) is 0 Å². The van der Waals surface area contributed by atoms with E-state index < -0.39 is 0 Å². The number of carbonyl (C=O) groups excluding carboxylic acids is 1. The Morgan fingerprint density at radius 3 is 2.78 bits per heavy atom. The molecule has 1 N–H and O–H groups in total. The Balaban J connectivity index is 1.58. The summed E-state index contributed by atoms with van der Waals surface area (Å²) in [7, 11) is 0. The van der Waals surface area contributed by atoms with Crippen molar-refractivity contribution in [2.45, 2.75) is 13.3 Å². The highest BCUT2D eigenvalue weighted by atomic mass is 16.1. The molecule has 0 aliphatic heterocycles. The van der Waals surface area contributed by atoms with Crippen LogP contribution in [0.4, 0.5) is 0 Å². The van der Waals surface area contributed by atoms with E-state index in [9.17, 15) is 4.79 Å². The van der Waals surface area contributed by atoms with Gasteiger partial charge < -0.3 is 5.32 Å². The molecular weight excluding hydrogens is 222 g/mol. The molecule has 2 nitrogen and oxygen atoms in total. The lowest BCUT2D eigenvalue weighted by Gasteiger charge is -2.08. The molecule has 0 heterocycles. The van der Waals surface area contributed by atoms with Gasteiger partial charge in [-0.15, -0.1) is 0 Å². The standard InChI is InChI=1S/C16H17NO/c1-11-2-5-13(6-3-11)16(18)17-10-12-4-7-14-9-15(14)8-12/h2-8,14-15H,9-10H2,1H3,(H,17,18). The molecule has 1 aromatic carbocycles. The monoisotopic (exact) mass is 239 g/mol. The van der Waals surface area contributed by atoms with Gasteiger partial charge in [0.15, 0.2) is 0 Å². The van der Waals surface area contributed by atoms with Crippen molar-refractivity contribution < 1.29 is 4.79 Å². The fourth-order valence-electron chi connectivity index (χ4n) is 2.33. The van der Waals surface area contributed by atoms with Crippen LogP contribution in [0.3, 0.4) is 0 Å². The third-order valence-electron chi connectivity index (χ3n) is 3.64. The van der Waals surface area contributed by atoms with Gasteiger partial charge in [0.2, 0.25) is 0 Å². The maximum atomic E-state index is 11.9. The lowest BCUT2D eigenvalue weighted by molar-refractivity contribution is 0.0957. The first kappa shape index (κ1) is 11.3. The van der Waals surface area contributed by atoms with E-state index in [4.69, 9.17) is 0 Å². The highest BCUT2D eigenvalue weighted by Crippen LogP contribution is 2.44. The van der Waals surface area contributed by atoms with E-state index in [1.165, 1.54) is 17.6 Å². The SMILES string of the molecule is Cc1ccc(C(=O)NCC2=CC3CC3C=C2)cc1.